The second-order valence-electron chi connectivity index (χ2n) is 9.93. The molecule has 10 nitrogen and oxygen atoms in total. The molecule has 0 bridgehead atoms. The van der Waals surface area contributed by atoms with Crippen LogP contribution in [0.15, 0.2) is 61.2 Å². The topological polar surface area (TPSA) is 142 Å². The second kappa shape index (κ2) is 10.8. The fourth-order valence-electron chi connectivity index (χ4n) is 4.77. The molecule has 0 amide bonds. The molecule has 0 fully saturated rings. The van der Waals surface area contributed by atoms with Gasteiger partial charge in [0.05, 0.1) is 16.7 Å². The molecule has 0 radical (unpaired) electrons. The molecule has 5 aromatic heterocycles. The molecule has 1 aromatic carbocycles. The Bertz CT molecular complexity index is 2000. The molecule has 0 atom stereocenters. The van der Waals surface area contributed by atoms with Gasteiger partial charge in [-0.25, -0.2) is 27.8 Å². The van der Waals surface area contributed by atoms with E-state index in [2.05, 4.69) is 48.4 Å². The van der Waals surface area contributed by atoms with E-state index in [9.17, 15) is 12.8 Å². The molecule has 0 aliphatic heterocycles. The Hall–Kier alpha value is -4.55. The van der Waals surface area contributed by atoms with Crippen LogP contribution >= 0.6 is 0 Å². The first-order chi connectivity index (χ1) is 19.8. The van der Waals surface area contributed by atoms with Crippen molar-refractivity contribution in [2.24, 2.45) is 0 Å². The number of rotatable bonds is 9. The fourth-order valence-corrected chi connectivity index (χ4v) is 5.38. The smallest absolute Gasteiger partial charge is 0.181 e. The number of hydrogen-bond acceptors (Lipinski definition) is 8. The molecule has 0 unspecified atom stereocenters. The van der Waals surface area contributed by atoms with Gasteiger partial charge < -0.3 is 10.3 Å². The Morgan fingerprint density at radius 1 is 0.951 bits per heavy atom. The van der Waals surface area contributed by atoms with Gasteiger partial charge in [-0.15, -0.1) is 0 Å². The minimum atomic E-state index is -3.18. The molecule has 41 heavy (non-hydrogen) atoms. The van der Waals surface area contributed by atoms with Crippen LogP contribution in [0, 0.1) is 5.82 Å². The summed E-state index contributed by atoms with van der Waals surface area (Å²) in [6, 6.07) is 10.4. The lowest BCUT2D eigenvalue weighted by Gasteiger charge is -2.07. The summed E-state index contributed by atoms with van der Waals surface area (Å²) >= 11 is 0. The van der Waals surface area contributed by atoms with E-state index in [0.29, 0.717) is 45.0 Å². The van der Waals surface area contributed by atoms with Crippen molar-refractivity contribution in [1.82, 2.24) is 40.4 Å². The highest BCUT2D eigenvalue weighted by atomic mass is 32.2. The summed E-state index contributed by atoms with van der Waals surface area (Å²) in [5.41, 5.74) is 7.04. The maximum atomic E-state index is 14.6. The lowest BCUT2D eigenvalue weighted by molar-refractivity contribution is 0.600. The summed E-state index contributed by atoms with van der Waals surface area (Å²) in [6.45, 7) is 3.65. The minimum absolute atomic E-state index is 0.0608. The van der Waals surface area contributed by atoms with Crippen molar-refractivity contribution < 1.29 is 12.8 Å². The third-order valence-corrected chi connectivity index (χ3v) is 7.72. The van der Waals surface area contributed by atoms with Gasteiger partial charge >= 0.3 is 0 Å². The van der Waals surface area contributed by atoms with Gasteiger partial charge in [-0.1, -0.05) is 13.0 Å². The van der Waals surface area contributed by atoms with Crippen LogP contribution in [0.3, 0.4) is 0 Å². The van der Waals surface area contributed by atoms with E-state index >= 15 is 0 Å². The van der Waals surface area contributed by atoms with Crippen LogP contribution in [0.25, 0.3) is 56.0 Å². The number of H-pyrrole nitrogens is 2. The van der Waals surface area contributed by atoms with Crippen molar-refractivity contribution in [3.63, 3.8) is 0 Å². The number of nitrogens with one attached hydrogen (secondary N) is 3. The molecule has 6 rings (SSSR count). The maximum absolute atomic E-state index is 14.6. The average Bonchev–Trinajstić information content (AvgIpc) is 3.58. The largest absolute Gasteiger partial charge is 0.335 e. The molecule has 3 N–H and O–H groups in total. The Kier molecular flexibility index (Phi) is 7.01. The van der Waals surface area contributed by atoms with Crippen LogP contribution in [0.2, 0.25) is 0 Å². The number of pyridine rings is 3. The van der Waals surface area contributed by atoms with E-state index in [1.165, 1.54) is 18.4 Å². The molecule has 0 aliphatic rings. The zero-order chi connectivity index (χ0) is 28.6. The van der Waals surface area contributed by atoms with E-state index in [0.717, 1.165) is 35.2 Å². The van der Waals surface area contributed by atoms with Crippen LogP contribution in [0.1, 0.15) is 18.1 Å². The van der Waals surface area contributed by atoms with Gasteiger partial charge in [0.25, 0.3) is 0 Å². The first-order valence-electron chi connectivity index (χ1n) is 13.1. The van der Waals surface area contributed by atoms with Gasteiger partial charge in [0.1, 0.15) is 21.3 Å². The Labute approximate surface area is 235 Å². The van der Waals surface area contributed by atoms with Gasteiger partial charge in [0.15, 0.2) is 17.1 Å². The van der Waals surface area contributed by atoms with E-state index in [1.807, 2.05) is 12.3 Å². The lowest BCUT2D eigenvalue weighted by atomic mass is 10.0. The normalized spacial score (nSPS) is 12.0. The summed E-state index contributed by atoms with van der Waals surface area (Å²) in [5.74, 6) is 0.00131. The number of sulfone groups is 1. The third-order valence-electron chi connectivity index (χ3n) is 6.78. The molecule has 0 spiro atoms. The third kappa shape index (κ3) is 5.70. The maximum Gasteiger partial charge on any atom is 0.181 e. The van der Waals surface area contributed by atoms with Crippen LogP contribution < -0.4 is 5.32 Å². The summed E-state index contributed by atoms with van der Waals surface area (Å²) in [7, 11) is -3.18. The first kappa shape index (κ1) is 26.7. The quantitative estimate of drug-likeness (QED) is 0.231. The molecule has 208 valence electrons. The van der Waals surface area contributed by atoms with Crippen molar-refractivity contribution >= 4 is 32.0 Å². The zero-order valence-corrected chi connectivity index (χ0v) is 23.3. The van der Waals surface area contributed by atoms with Gasteiger partial charge in [-0.05, 0) is 60.0 Å². The lowest BCUT2D eigenvalue weighted by Crippen LogP contribution is -2.11. The number of aromatic nitrogens is 7. The number of imidazole rings is 1. The predicted octanol–water partition coefficient (Wildman–Crippen LogP) is 4.46. The molecular weight excluding hydrogens is 543 g/mol. The molecule has 0 saturated carbocycles. The molecular formula is C29H27FN8O2S. The summed E-state index contributed by atoms with van der Waals surface area (Å²) in [4.78, 5) is 21.4. The van der Waals surface area contributed by atoms with Crippen LogP contribution in [0.5, 0.6) is 0 Å². The monoisotopic (exact) mass is 570 g/mol. The number of aromatic amines is 2. The minimum Gasteiger partial charge on any atom is -0.335 e. The van der Waals surface area contributed by atoms with Crippen molar-refractivity contribution in [3.05, 3.63) is 78.1 Å². The van der Waals surface area contributed by atoms with Gasteiger partial charge in [0, 0.05) is 54.3 Å². The number of fused-ring (bicyclic) bond motifs is 2. The number of hydrogen-bond donors (Lipinski definition) is 3. The molecule has 0 aliphatic carbocycles. The number of halogens is 1. The van der Waals surface area contributed by atoms with Crippen LogP contribution in [0.4, 0.5) is 4.39 Å². The SMILES string of the molecule is CCNCc1cncc(-c2cnc3n[nH]c(-c4nc5nccc(-c6cc(F)cc(CCS(C)(=O)=O)c6)c5[nH]4)c3c2)c1. The van der Waals surface area contributed by atoms with Crippen LogP contribution in [-0.2, 0) is 22.8 Å². The second-order valence-corrected chi connectivity index (χ2v) is 12.2. The van der Waals surface area contributed by atoms with Gasteiger partial charge in [0.2, 0.25) is 0 Å². The van der Waals surface area contributed by atoms with Crippen molar-refractivity contribution in [2.75, 3.05) is 18.6 Å². The van der Waals surface area contributed by atoms with Gasteiger partial charge in [-0.2, -0.15) is 5.10 Å². The van der Waals surface area contributed by atoms with E-state index in [-0.39, 0.29) is 12.2 Å². The van der Waals surface area contributed by atoms with Crippen molar-refractivity contribution in [1.29, 1.82) is 0 Å². The highest BCUT2D eigenvalue weighted by Gasteiger charge is 2.17. The molecule has 6 aromatic rings. The van der Waals surface area contributed by atoms with Gasteiger partial charge in [-0.3, -0.25) is 10.1 Å². The van der Waals surface area contributed by atoms with Crippen molar-refractivity contribution in [3.8, 4) is 33.8 Å². The average molecular weight is 571 g/mol. The van der Waals surface area contributed by atoms with Crippen LogP contribution in [-0.4, -0.2) is 62.1 Å². The molecule has 5 heterocycles. The van der Waals surface area contributed by atoms with E-state index in [4.69, 9.17) is 4.98 Å². The number of aryl methyl sites for hydroxylation is 1. The Balaban J connectivity index is 1.39. The number of benzene rings is 1. The Morgan fingerprint density at radius 2 is 1.78 bits per heavy atom. The Morgan fingerprint density at radius 3 is 2.61 bits per heavy atom. The van der Waals surface area contributed by atoms with E-state index in [1.54, 1.807) is 30.7 Å². The van der Waals surface area contributed by atoms with Crippen molar-refractivity contribution in [2.45, 2.75) is 19.9 Å². The predicted molar refractivity (Wildman–Crippen MR) is 156 cm³/mol. The first-order valence-corrected chi connectivity index (χ1v) is 15.2. The fraction of sp³-hybridized carbons (Fsp3) is 0.207. The standard InChI is InChI=1S/C29H27FN8O2S/c1-3-31-13-18-9-20(15-32-14-18)21-12-24-26(37-38-27(24)34-16-21)29-35-25-23(4-6-33-28(25)36-29)19-8-17(10-22(30)11-19)5-7-41(2,39)40/h4,6,8-12,14-16,31H,3,5,7,13H2,1-2H3,(H,33,35,36)(H,34,37,38). The van der Waals surface area contributed by atoms with E-state index < -0.39 is 15.7 Å². The summed E-state index contributed by atoms with van der Waals surface area (Å²) < 4.78 is 37.9. The molecule has 0 saturated heterocycles. The summed E-state index contributed by atoms with van der Waals surface area (Å²) in [5, 5.41) is 11.5. The highest BCUT2D eigenvalue weighted by Crippen LogP contribution is 2.32. The molecule has 12 heteroatoms. The zero-order valence-electron chi connectivity index (χ0n) is 22.4. The summed E-state index contributed by atoms with van der Waals surface area (Å²) in [6.07, 6.45) is 8.41. The number of nitrogens with zero attached hydrogens (tertiary/aromatic N) is 5. The highest BCUT2D eigenvalue weighted by molar-refractivity contribution is 7.90.